The Kier molecular flexibility index (Phi) is 5.57. The van der Waals surface area contributed by atoms with Gasteiger partial charge in [0.15, 0.2) is 0 Å². The Morgan fingerprint density at radius 2 is 2.04 bits per heavy atom. The fourth-order valence-corrected chi connectivity index (χ4v) is 4.80. The Morgan fingerprint density at radius 3 is 2.79 bits per heavy atom. The summed E-state index contributed by atoms with van der Waals surface area (Å²) in [4.78, 5) is 0. The Bertz CT molecular complexity index is 444. The van der Waals surface area contributed by atoms with Crippen molar-refractivity contribution in [3.05, 3.63) is 11.6 Å². The van der Waals surface area contributed by atoms with Crippen molar-refractivity contribution in [2.24, 2.45) is 23.7 Å². The molecule has 1 N–H and O–H groups in total. The molecular formula is C20H33NO3. The number of hydrogen-bond donors (Lipinski definition) is 1. The molecule has 0 amide bonds. The van der Waals surface area contributed by atoms with Gasteiger partial charge in [-0.25, -0.2) is 0 Å². The molecule has 4 aliphatic rings. The topological polar surface area (TPSA) is 52.9 Å². The van der Waals surface area contributed by atoms with E-state index in [0.29, 0.717) is 12.1 Å². The smallest absolute Gasteiger partial charge is 0.104 e. The van der Waals surface area contributed by atoms with E-state index in [-0.39, 0.29) is 0 Å². The molecule has 4 rings (SSSR count). The van der Waals surface area contributed by atoms with Gasteiger partial charge in [0.1, 0.15) is 6.10 Å². The summed E-state index contributed by atoms with van der Waals surface area (Å²) < 4.78 is 16.8. The van der Waals surface area contributed by atoms with E-state index in [1.54, 1.807) is 5.57 Å². The van der Waals surface area contributed by atoms with Crippen LogP contribution in [0.1, 0.15) is 39.0 Å². The van der Waals surface area contributed by atoms with Gasteiger partial charge in [0.2, 0.25) is 0 Å². The van der Waals surface area contributed by atoms with Gasteiger partial charge in [0.05, 0.1) is 26.4 Å². The van der Waals surface area contributed by atoms with Gasteiger partial charge < -0.3 is 19.5 Å². The molecule has 2 heterocycles. The molecule has 24 heavy (non-hydrogen) atoms. The van der Waals surface area contributed by atoms with Gasteiger partial charge in [-0.2, -0.15) is 0 Å². The summed E-state index contributed by atoms with van der Waals surface area (Å²) >= 11 is 0. The third-order valence-corrected chi connectivity index (χ3v) is 6.42. The molecule has 2 aliphatic heterocycles. The van der Waals surface area contributed by atoms with Crippen LogP contribution in [-0.4, -0.2) is 51.7 Å². The fourth-order valence-electron chi connectivity index (χ4n) is 4.80. The number of fused-ring (bicyclic) bond motifs is 1. The van der Waals surface area contributed by atoms with Crippen molar-refractivity contribution in [3.8, 4) is 0 Å². The van der Waals surface area contributed by atoms with E-state index in [9.17, 15) is 0 Å². The number of hydrogen-bond acceptors (Lipinski definition) is 4. The van der Waals surface area contributed by atoms with E-state index in [1.807, 2.05) is 0 Å². The average Bonchev–Trinajstić information content (AvgIpc) is 3.50. The fraction of sp³-hybridized carbons (Fsp3) is 0.900. The van der Waals surface area contributed by atoms with Crippen LogP contribution in [0.15, 0.2) is 11.6 Å². The van der Waals surface area contributed by atoms with Crippen LogP contribution in [-0.2, 0) is 14.2 Å². The molecule has 136 valence electrons. The van der Waals surface area contributed by atoms with Gasteiger partial charge in [-0.15, -0.1) is 0 Å². The minimum Gasteiger partial charge on any atom is -0.379 e. The van der Waals surface area contributed by atoms with Crippen molar-refractivity contribution in [1.82, 2.24) is 5.32 Å². The molecular weight excluding hydrogens is 302 g/mol. The average molecular weight is 335 g/mol. The predicted octanol–water partition coefficient (Wildman–Crippen LogP) is 2.78. The van der Waals surface area contributed by atoms with Gasteiger partial charge in [-0.1, -0.05) is 25.0 Å². The first-order valence-electron chi connectivity index (χ1n) is 10.0. The van der Waals surface area contributed by atoms with E-state index in [0.717, 1.165) is 69.7 Å². The van der Waals surface area contributed by atoms with Crippen molar-refractivity contribution in [3.63, 3.8) is 0 Å². The Labute approximate surface area is 146 Å². The molecule has 0 aromatic rings. The zero-order valence-corrected chi connectivity index (χ0v) is 15.0. The zero-order chi connectivity index (χ0) is 16.4. The first-order valence-corrected chi connectivity index (χ1v) is 10.0. The molecule has 1 saturated carbocycles. The van der Waals surface area contributed by atoms with Crippen molar-refractivity contribution in [2.45, 2.75) is 51.2 Å². The molecule has 4 heteroatoms. The Hall–Kier alpha value is -0.420. The van der Waals surface area contributed by atoms with Crippen LogP contribution < -0.4 is 5.32 Å². The maximum absolute atomic E-state index is 5.80. The Morgan fingerprint density at radius 1 is 1.21 bits per heavy atom. The minimum atomic E-state index is 0.397. The quantitative estimate of drug-likeness (QED) is 0.358. The van der Waals surface area contributed by atoms with Gasteiger partial charge in [0, 0.05) is 19.2 Å². The van der Waals surface area contributed by atoms with Crippen LogP contribution in [0.4, 0.5) is 0 Å². The summed E-state index contributed by atoms with van der Waals surface area (Å²) in [6.07, 6.45) is 9.43. The van der Waals surface area contributed by atoms with E-state index in [1.165, 1.54) is 25.7 Å². The molecule has 6 unspecified atom stereocenters. The lowest BCUT2D eigenvalue weighted by Gasteiger charge is -2.18. The number of epoxide rings is 1. The molecule has 2 saturated heterocycles. The molecule has 0 bridgehead atoms. The zero-order valence-electron chi connectivity index (χ0n) is 15.0. The van der Waals surface area contributed by atoms with Crippen molar-refractivity contribution < 1.29 is 14.2 Å². The third-order valence-electron chi connectivity index (χ3n) is 6.42. The first-order chi connectivity index (χ1) is 11.8. The second kappa shape index (κ2) is 7.86. The standard InChI is InChI=1S/C20H33NO3/c1-2-15-9-16(4-6-23-12-18-13-24-18)20-8-14(7-19(15)20)3-5-22-11-17-10-21-17/h8,15-21H,2-7,9-13H2,1H3. The number of nitrogens with one attached hydrogen (secondary N) is 1. The summed E-state index contributed by atoms with van der Waals surface area (Å²) in [5.74, 6) is 3.44. The SMILES string of the molecule is CCC1CC(CCOCC2CO2)C2C=C(CCOCC3CN3)CC12. The first kappa shape index (κ1) is 17.0. The van der Waals surface area contributed by atoms with E-state index < -0.39 is 0 Å². The van der Waals surface area contributed by atoms with E-state index in [4.69, 9.17) is 14.2 Å². The summed E-state index contributed by atoms with van der Waals surface area (Å²) in [6, 6.07) is 0.636. The van der Waals surface area contributed by atoms with Gasteiger partial charge in [-0.05, 0) is 49.4 Å². The van der Waals surface area contributed by atoms with Gasteiger partial charge in [0.25, 0.3) is 0 Å². The van der Waals surface area contributed by atoms with Crippen LogP contribution in [0.3, 0.4) is 0 Å². The summed E-state index contributed by atoms with van der Waals surface area (Å²) in [5.41, 5.74) is 1.66. The molecule has 3 fully saturated rings. The highest BCUT2D eigenvalue weighted by atomic mass is 16.6. The molecule has 0 aromatic carbocycles. The molecule has 4 nitrogen and oxygen atoms in total. The third kappa shape index (κ3) is 4.40. The van der Waals surface area contributed by atoms with Crippen LogP contribution in [0, 0.1) is 23.7 Å². The molecule has 6 atom stereocenters. The Balaban J connectivity index is 1.22. The highest BCUT2D eigenvalue weighted by molar-refractivity contribution is 5.18. The molecule has 2 aliphatic carbocycles. The number of rotatable bonds is 11. The maximum atomic E-state index is 5.80. The van der Waals surface area contributed by atoms with Gasteiger partial charge in [-0.3, -0.25) is 0 Å². The predicted molar refractivity (Wildman–Crippen MR) is 94.0 cm³/mol. The molecule has 0 aromatic heterocycles. The monoisotopic (exact) mass is 335 g/mol. The highest BCUT2D eigenvalue weighted by Gasteiger charge is 2.43. The molecule has 0 radical (unpaired) electrons. The van der Waals surface area contributed by atoms with Crippen molar-refractivity contribution in [1.29, 1.82) is 0 Å². The highest BCUT2D eigenvalue weighted by Crippen LogP contribution is 2.52. The lowest BCUT2D eigenvalue weighted by molar-refractivity contribution is 0.101. The van der Waals surface area contributed by atoms with E-state index in [2.05, 4.69) is 18.3 Å². The van der Waals surface area contributed by atoms with Crippen LogP contribution >= 0.6 is 0 Å². The summed E-state index contributed by atoms with van der Waals surface area (Å²) in [6.45, 7) is 7.91. The number of ether oxygens (including phenoxy) is 3. The summed E-state index contributed by atoms with van der Waals surface area (Å²) in [7, 11) is 0. The van der Waals surface area contributed by atoms with Crippen LogP contribution in [0.25, 0.3) is 0 Å². The van der Waals surface area contributed by atoms with Crippen molar-refractivity contribution in [2.75, 3.05) is 39.6 Å². The van der Waals surface area contributed by atoms with E-state index >= 15 is 0 Å². The second-order valence-corrected chi connectivity index (χ2v) is 8.18. The largest absolute Gasteiger partial charge is 0.379 e. The minimum absolute atomic E-state index is 0.397. The normalized spacial score (nSPS) is 39.8. The van der Waals surface area contributed by atoms with Gasteiger partial charge >= 0.3 is 0 Å². The van der Waals surface area contributed by atoms with Crippen LogP contribution in [0.2, 0.25) is 0 Å². The lowest BCUT2D eigenvalue weighted by Crippen LogP contribution is -2.13. The summed E-state index contributed by atoms with van der Waals surface area (Å²) in [5, 5.41) is 3.29. The lowest BCUT2D eigenvalue weighted by atomic mass is 9.87. The van der Waals surface area contributed by atoms with Crippen molar-refractivity contribution >= 4 is 0 Å². The number of allylic oxidation sites excluding steroid dienone is 1. The van der Waals surface area contributed by atoms with Crippen LogP contribution in [0.5, 0.6) is 0 Å². The second-order valence-electron chi connectivity index (χ2n) is 8.18. The maximum Gasteiger partial charge on any atom is 0.104 e. The molecule has 0 spiro atoms.